The van der Waals surface area contributed by atoms with Gasteiger partial charge in [-0.1, -0.05) is 11.6 Å². The van der Waals surface area contributed by atoms with E-state index >= 15 is 0 Å². The molecule has 0 aliphatic carbocycles. The highest BCUT2D eigenvalue weighted by Gasteiger charge is 2.37. The molecule has 0 N–H and O–H groups in total. The second-order valence-corrected chi connectivity index (χ2v) is 7.61. The summed E-state index contributed by atoms with van der Waals surface area (Å²) in [4.78, 5) is 29.4. The topological polar surface area (TPSA) is 68.7 Å². The van der Waals surface area contributed by atoms with E-state index < -0.39 is 11.6 Å². The van der Waals surface area contributed by atoms with Gasteiger partial charge in [-0.15, -0.1) is 11.3 Å². The summed E-state index contributed by atoms with van der Waals surface area (Å²) in [5, 5.41) is 0.743. The van der Waals surface area contributed by atoms with Crippen molar-refractivity contribution in [1.82, 2.24) is 9.88 Å². The molecule has 1 aliphatic heterocycles. The Balaban J connectivity index is 1.95. The highest BCUT2D eigenvalue weighted by molar-refractivity contribution is 7.16. The third kappa shape index (κ3) is 3.89. The molecular weight excluding hydrogens is 328 g/mol. The van der Waals surface area contributed by atoms with Gasteiger partial charge < -0.3 is 14.4 Å². The highest BCUT2D eigenvalue weighted by atomic mass is 35.5. The summed E-state index contributed by atoms with van der Waals surface area (Å²) in [7, 11) is 0. The normalized spacial score (nSPS) is 15.4. The molecule has 0 saturated carbocycles. The molecule has 6 nitrogen and oxygen atoms in total. The number of ether oxygens (including phenoxy) is 2. The first-order valence-corrected chi connectivity index (χ1v) is 8.22. The molecule has 0 aromatic carbocycles. The van der Waals surface area contributed by atoms with Crippen LogP contribution in [0.25, 0.3) is 0 Å². The van der Waals surface area contributed by atoms with Gasteiger partial charge in [0.15, 0.2) is 5.69 Å². The zero-order chi connectivity index (χ0) is 16.5. The minimum Gasteiger partial charge on any atom is -0.461 e. The van der Waals surface area contributed by atoms with Gasteiger partial charge in [0.2, 0.25) is 0 Å². The molecule has 0 bridgehead atoms. The van der Waals surface area contributed by atoms with Crippen LogP contribution in [-0.2, 0) is 9.47 Å². The summed E-state index contributed by atoms with van der Waals surface area (Å²) in [5.74, 6) is -0.434. The van der Waals surface area contributed by atoms with Crippen molar-refractivity contribution in [3.8, 4) is 0 Å². The second kappa shape index (κ2) is 6.42. The van der Waals surface area contributed by atoms with Gasteiger partial charge in [-0.25, -0.2) is 14.6 Å². The second-order valence-electron chi connectivity index (χ2n) is 5.98. The number of carbonyl (C=O) groups is 2. The lowest BCUT2D eigenvalue weighted by Gasteiger charge is -2.38. The fraction of sp³-hybridized carbons (Fsp3) is 0.643. The van der Waals surface area contributed by atoms with E-state index in [-0.39, 0.29) is 24.3 Å². The monoisotopic (exact) mass is 346 g/mol. The Morgan fingerprint density at radius 2 is 2.05 bits per heavy atom. The van der Waals surface area contributed by atoms with E-state index in [1.807, 2.05) is 20.8 Å². The first kappa shape index (κ1) is 17.0. The molecule has 0 atom stereocenters. The van der Waals surface area contributed by atoms with Crippen molar-refractivity contribution < 1.29 is 19.1 Å². The molecule has 2 heterocycles. The lowest BCUT2D eigenvalue weighted by molar-refractivity contribution is 0.00810. The minimum absolute atomic E-state index is 0.0817. The standard InChI is InChI=1S/C14H19ClN2O4S/c1-5-20-12(18)9-10(15)22-11(16-9)8-6-17(7-8)13(19)21-14(2,3)4/h8H,5-7H2,1-4H3. The number of esters is 1. The molecule has 1 aromatic rings. The number of halogens is 1. The van der Waals surface area contributed by atoms with E-state index in [2.05, 4.69) is 4.98 Å². The van der Waals surface area contributed by atoms with Crippen LogP contribution in [0.15, 0.2) is 0 Å². The maximum atomic E-state index is 11.9. The molecule has 1 aromatic heterocycles. The Hall–Kier alpha value is -1.34. The van der Waals surface area contributed by atoms with Crippen LogP contribution in [0.2, 0.25) is 4.34 Å². The number of thiazole rings is 1. The molecule has 122 valence electrons. The van der Waals surface area contributed by atoms with Gasteiger partial charge in [0, 0.05) is 19.0 Å². The molecule has 0 radical (unpaired) electrons. The molecule has 2 rings (SSSR count). The Kier molecular flexibility index (Phi) is 4.97. The number of amides is 1. The lowest BCUT2D eigenvalue weighted by atomic mass is 10.0. The smallest absolute Gasteiger partial charge is 0.410 e. The zero-order valence-corrected chi connectivity index (χ0v) is 14.6. The van der Waals surface area contributed by atoms with Gasteiger partial charge in [0.25, 0.3) is 0 Å². The van der Waals surface area contributed by atoms with Crippen molar-refractivity contribution in [2.75, 3.05) is 19.7 Å². The predicted molar refractivity (Wildman–Crippen MR) is 83.6 cm³/mol. The van der Waals surface area contributed by atoms with Gasteiger partial charge in [0.05, 0.1) is 6.61 Å². The van der Waals surface area contributed by atoms with E-state index in [1.165, 1.54) is 11.3 Å². The highest BCUT2D eigenvalue weighted by Crippen LogP contribution is 2.35. The number of carbonyl (C=O) groups excluding carboxylic acids is 2. The molecule has 0 spiro atoms. The Morgan fingerprint density at radius 1 is 1.41 bits per heavy atom. The van der Waals surface area contributed by atoms with E-state index in [4.69, 9.17) is 21.1 Å². The van der Waals surface area contributed by atoms with Crippen molar-refractivity contribution in [2.24, 2.45) is 0 Å². The van der Waals surface area contributed by atoms with Gasteiger partial charge >= 0.3 is 12.1 Å². The maximum Gasteiger partial charge on any atom is 0.410 e. The Bertz CT molecular complexity index is 576. The molecule has 22 heavy (non-hydrogen) atoms. The van der Waals surface area contributed by atoms with Crippen molar-refractivity contribution in [3.63, 3.8) is 0 Å². The van der Waals surface area contributed by atoms with Crippen LogP contribution in [0.1, 0.15) is 49.1 Å². The minimum atomic E-state index is -0.515. The molecule has 1 saturated heterocycles. The number of likely N-dealkylation sites (tertiary alicyclic amines) is 1. The summed E-state index contributed by atoms with van der Waals surface area (Å²) >= 11 is 7.29. The average Bonchev–Trinajstić information content (AvgIpc) is 2.67. The summed E-state index contributed by atoms with van der Waals surface area (Å²) in [6.45, 7) is 8.51. The fourth-order valence-corrected chi connectivity index (χ4v) is 3.15. The zero-order valence-electron chi connectivity index (χ0n) is 13.0. The summed E-state index contributed by atoms with van der Waals surface area (Å²) in [6, 6.07) is 0. The van der Waals surface area contributed by atoms with Crippen LogP contribution in [0, 0.1) is 0 Å². The van der Waals surface area contributed by atoms with Crippen LogP contribution in [0.4, 0.5) is 4.79 Å². The summed E-state index contributed by atoms with van der Waals surface area (Å²) in [5.41, 5.74) is -0.358. The number of rotatable bonds is 3. The van der Waals surface area contributed by atoms with E-state index in [0.717, 1.165) is 5.01 Å². The number of hydrogen-bond donors (Lipinski definition) is 0. The first-order chi connectivity index (χ1) is 10.2. The van der Waals surface area contributed by atoms with Gasteiger partial charge in [-0.05, 0) is 27.7 Å². The van der Waals surface area contributed by atoms with Crippen LogP contribution < -0.4 is 0 Å². The molecular formula is C14H19ClN2O4S. The van der Waals surface area contributed by atoms with E-state index in [1.54, 1.807) is 11.8 Å². The first-order valence-electron chi connectivity index (χ1n) is 7.02. The molecule has 0 unspecified atom stereocenters. The maximum absolute atomic E-state index is 11.9. The molecule has 1 fully saturated rings. The van der Waals surface area contributed by atoms with Crippen LogP contribution >= 0.6 is 22.9 Å². The predicted octanol–water partition coefficient (Wildman–Crippen LogP) is 3.31. The quantitative estimate of drug-likeness (QED) is 0.785. The summed E-state index contributed by atoms with van der Waals surface area (Å²) in [6.07, 6.45) is -0.336. The lowest BCUT2D eigenvalue weighted by Crippen LogP contribution is -2.50. The van der Waals surface area contributed by atoms with Gasteiger partial charge in [0.1, 0.15) is 14.9 Å². The average molecular weight is 347 g/mol. The van der Waals surface area contributed by atoms with Gasteiger partial charge in [-0.3, -0.25) is 0 Å². The third-order valence-corrected chi connectivity index (χ3v) is 4.37. The van der Waals surface area contributed by atoms with Gasteiger partial charge in [-0.2, -0.15) is 0 Å². The largest absolute Gasteiger partial charge is 0.461 e. The molecule has 8 heteroatoms. The van der Waals surface area contributed by atoms with Crippen molar-refractivity contribution in [2.45, 2.75) is 39.2 Å². The number of aromatic nitrogens is 1. The summed E-state index contributed by atoms with van der Waals surface area (Å²) < 4.78 is 10.5. The van der Waals surface area contributed by atoms with Crippen molar-refractivity contribution in [3.05, 3.63) is 15.0 Å². The Morgan fingerprint density at radius 3 is 2.59 bits per heavy atom. The van der Waals surface area contributed by atoms with Crippen LogP contribution in [-0.4, -0.2) is 47.2 Å². The third-order valence-electron chi connectivity index (χ3n) is 2.95. The molecule has 1 aliphatic rings. The van der Waals surface area contributed by atoms with Crippen molar-refractivity contribution >= 4 is 35.0 Å². The van der Waals surface area contributed by atoms with Crippen molar-refractivity contribution in [1.29, 1.82) is 0 Å². The Labute approximate surface area is 138 Å². The van der Waals surface area contributed by atoms with E-state index in [9.17, 15) is 9.59 Å². The number of nitrogens with zero attached hydrogens (tertiary/aromatic N) is 2. The van der Waals surface area contributed by atoms with Crippen LogP contribution in [0.5, 0.6) is 0 Å². The number of hydrogen-bond acceptors (Lipinski definition) is 6. The SMILES string of the molecule is CCOC(=O)c1nc(C2CN(C(=O)OC(C)(C)C)C2)sc1Cl. The molecule has 1 amide bonds. The van der Waals surface area contributed by atoms with Crippen LogP contribution in [0.3, 0.4) is 0 Å². The fourth-order valence-electron chi connectivity index (χ4n) is 1.93. The van der Waals surface area contributed by atoms with E-state index in [0.29, 0.717) is 17.4 Å².